The number of hydrogen-bond acceptors (Lipinski definition) is 3. The average molecular weight is 382 g/mol. The first-order chi connectivity index (χ1) is 10.5. The normalized spacial score (nSPS) is 10.7. The second-order valence-electron chi connectivity index (χ2n) is 4.55. The SMILES string of the molecule is Cc1cc(Cl)ccc1OCC(=O)N/N=C\c1cccc(Br)c1. The van der Waals surface area contributed by atoms with Crippen molar-refractivity contribution in [3.8, 4) is 5.75 Å². The monoisotopic (exact) mass is 380 g/mol. The summed E-state index contributed by atoms with van der Waals surface area (Å²) < 4.78 is 6.37. The Morgan fingerprint density at radius 2 is 2.18 bits per heavy atom. The lowest BCUT2D eigenvalue weighted by molar-refractivity contribution is -0.123. The molecule has 0 heterocycles. The van der Waals surface area contributed by atoms with Gasteiger partial charge < -0.3 is 4.74 Å². The van der Waals surface area contributed by atoms with Crippen LogP contribution in [0.4, 0.5) is 0 Å². The van der Waals surface area contributed by atoms with E-state index in [1.807, 2.05) is 31.2 Å². The highest BCUT2D eigenvalue weighted by Crippen LogP contribution is 2.21. The number of nitrogens with one attached hydrogen (secondary N) is 1. The van der Waals surface area contributed by atoms with E-state index in [4.69, 9.17) is 16.3 Å². The zero-order valence-electron chi connectivity index (χ0n) is 11.8. The Hall–Kier alpha value is -1.85. The van der Waals surface area contributed by atoms with Gasteiger partial charge in [0.05, 0.1) is 6.21 Å². The summed E-state index contributed by atoms with van der Waals surface area (Å²) in [7, 11) is 0. The topological polar surface area (TPSA) is 50.7 Å². The molecule has 0 atom stereocenters. The van der Waals surface area contributed by atoms with Crippen molar-refractivity contribution in [2.45, 2.75) is 6.92 Å². The summed E-state index contributed by atoms with van der Waals surface area (Å²) in [6.07, 6.45) is 1.57. The number of carbonyl (C=O) groups is 1. The Kier molecular flexibility index (Phi) is 5.98. The molecule has 2 aromatic carbocycles. The lowest BCUT2D eigenvalue weighted by Gasteiger charge is -2.08. The van der Waals surface area contributed by atoms with Gasteiger partial charge in [0.25, 0.3) is 5.91 Å². The smallest absolute Gasteiger partial charge is 0.277 e. The van der Waals surface area contributed by atoms with Crippen LogP contribution in [0.1, 0.15) is 11.1 Å². The van der Waals surface area contributed by atoms with Crippen molar-refractivity contribution in [1.82, 2.24) is 5.43 Å². The molecular formula is C16H14BrClN2O2. The number of halogens is 2. The molecule has 2 rings (SSSR count). The zero-order valence-corrected chi connectivity index (χ0v) is 14.2. The van der Waals surface area contributed by atoms with E-state index in [9.17, 15) is 4.79 Å². The number of rotatable bonds is 5. The molecule has 0 bridgehead atoms. The Balaban J connectivity index is 1.83. The number of aryl methyl sites for hydroxylation is 1. The fourth-order valence-electron chi connectivity index (χ4n) is 1.72. The molecule has 6 heteroatoms. The number of ether oxygens (including phenoxy) is 1. The molecule has 0 aliphatic rings. The van der Waals surface area contributed by atoms with Crippen LogP contribution in [0.5, 0.6) is 5.75 Å². The Morgan fingerprint density at radius 1 is 1.36 bits per heavy atom. The predicted octanol–water partition coefficient (Wildman–Crippen LogP) is 3.94. The van der Waals surface area contributed by atoms with Gasteiger partial charge in [-0.1, -0.05) is 39.7 Å². The average Bonchev–Trinajstić information content (AvgIpc) is 2.46. The van der Waals surface area contributed by atoms with E-state index >= 15 is 0 Å². The fourth-order valence-corrected chi connectivity index (χ4v) is 2.36. The number of nitrogens with zero attached hydrogens (tertiary/aromatic N) is 1. The van der Waals surface area contributed by atoms with Crippen LogP contribution in [-0.2, 0) is 4.79 Å². The standard InChI is InChI=1S/C16H14BrClN2O2/c1-11-7-14(18)5-6-15(11)22-10-16(21)20-19-9-12-3-2-4-13(17)8-12/h2-9H,10H2,1H3,(H,20,21)/b19-9-. The lowest BCUT2D eigenvalue weighted by atomic mass is 10.2. The van der Waals surface area contributed by atoms with Crippen molar-refractivity contribution in [2.24, 2.45) is 5.10 Å². The Morgan fingerprint density at radius 3 is 2.91 bits per heavy atom. The maximum atomic E-state index is 11.7. The van der Waals surface area contributed by atoms with Crippen LogP contribution in [0, 0.1) is 6.92 Å². The van der Waals surface area contributed by atoms with Crippen molar-refractivity contribution in [3.05, 3.63) is 63.1 Å². The van der Waals surface area contributed by atoms with Crippen LogP contribution in [0.25, 0.3) is 0 Å². The first-order valence-corrected chi connectivity index (χ1v) is 7.68. The number of hydrazone groups is 1. The second-order valence-corrected chi connectivity index (χ2v) is 5.90. The first kappa shape index (κ1) is 16.5. The molecule has 0 radical (unpaired) electrons. The van der Waals surface area contributed by atoms with Gasteiger partial charge in [-0.15, -0.1) is 0 Å². The van der Waals surface area contributed by atoms with Crippen LogP contribution in [0.3, 0.4) is 0 Å². The maximum Gasteiger partial charge on any atom is 0.277 e. The van der Waals surface area contributed by atoms with Crippen molar-refractivity contribution in [3.63, 3.8) is 0 Å². The van der Waals surface area contributed by atoms with Crippen molar-refractivity contribution in [1.29, 1.82) is 0 Å². The summed E-state index contributed by atoms with van der Waals surface area (Å²) in [5, 5.41) is 4.52. The van der Waals surface area contributed by atoms with Gasteiger partial charge in [-0.05, 0) is 48.4 Å². The summed E-state index contributed by atoms with van der Waals surface area (Å²) in [4.78, 5) is 11.7. The molecule has 1 amide bonds. The molecule has 0 saturated carbocycles. The van der Waals surface area contributed by atoms with Gasteiger partial charge in [0.2, 0.25) is 0 Å². The van der Waals surface area contributed by atoms with Crippen molar-refractivity contribution in [2.75, 3.05) is 6.61 Å². The highest BCUT2D eigenvalue weighted by Gasteiger charge is 2.04. The highest BCUT2D eigenvalue weighted by molar-refractivity contribution is 9.10. The molecule has 0 unspecified atom stereocenters. The van der Waals surface area contributed by atoms with Gasteiger partial charge >= 0.3 is 0 Å². The molecule has 1 N–H and O–H groups in total. The minimum absolute atomic E-state index is 0.113. The van der Waals surface area contributed by atoms with Crippen LogP contribution in [0.2, 0.25) is 5.02 Å². The Labute approximate surface area is 142 Å². The molecule has 0 aliphatic heterocycles. The molecule has 0 aromatic heterocycles. The molecule has 22 heavy (non-hydrogen) atoms. The molecule has 114 valence electrons. The molecule has 0 aliphatic carbocycles. The number of carbonyl (C=O) groups excluding carboxylic acids is 1. The summed E-state index contributed by atoms with van der Waals surface area (Å²) in [5.74, 6) is 0.288. The number of benzene rings is 2. The van der Waals surface area contributed by atoms with Gasteiger partial charge in [-0.25, -0.2) is 5.43 Å². The molecular weight excluding hydrogens is 368 g/mol. The minimum Gasteiger partial charge on any atom is -0.483 e. The third-order valence-corrected chi connectivity index (χ3v) is 3.48. The van der Waals surface area contributed by atoms with Crippen molar-refractivity contribution >= 4 is 39.7 Å². The van der Waals surface area contributed by atoms with E-state index in [1.165, 1.54) is 0 Å². The van der Waals surface area contributed by atoms with E-state index in [-0.39, 0.29) is 12.5 Å². The third-order valence-electron chi connectivity index (χ3n) is 2.75. The summed E-state index contributed by atoms with van der Waals surface area (Å²) >= 11 is 9.23. The maximum absolute atomic E-state index is 11.7. The second kappa shape index (κ2) is 7.96. The van der Waals surface area contributed by atoms with Crippen molar-refractivity contribution < 1.29 is 9.53 Å². The van der Waals surface area contributed by atoms with E-state index in [2.05, 4.69) is 26.5 Å². The summed E-state index contributed by atoms with van der Waals surface area (Å²) in [6, 6.07) is 12.8. The van der Waals surface area contributed by atoms with Crippen LogP contribution >= 0.6 is 27.5 Å². The largest absolute Gasteiger partial charge is 0.483 e. The Bertz CT molecular complexity index is 704. The van der Waals surface area contributed by atoms with Gasteiger partial charge in [0.1, 0.15) is 5.75 Å². The van der Waals surface area contributed by atoms with Crippen LogP contribution in [0.15, 0.2) is 52.0 Å². The summed E-state index contributed by atoms with van der Waals surface area (Å²) in [5.41, 5.74) is 4.17. The minimum atomic E-state index is -0.333. The fraction of sp³-hybridized carbons (Fsp3) is 0.125. The highest BCUT2D eigenvalue weighted by atomic mass is 79.9. The van der Waals surface area contributed by atoms with Gasteiger partial charge in [0, 0.05) is 9.50 Å². The molecule has 0 spiro atoms. The lowest BCUT2D eigenvalue weighted by Crippen LogP contribution is -2.24. The van der Waals surface area contributed by atoms with E-state index in [0.29, 0.717) is 10.8 Å². The number of amides is 1. The van der Waals surface area contributed by atoms with E-state index in [0.717, 1.165) is 15.6 Å². The molecule has 4 nitrogen and oxygen atoms in total. The first-order valence-electron chi connectivity index (χ1n) is 6.51. The molecule has 2 aromatic rings. The zero-order chi connectivity index (χ0) is 15.9. The number of hydrogen-bond donors (Lipinski definition) is 1. The van der Waals surface area contributed by atoms with E-state index < -0.39 is 0 Å². The van der Waals surface area contributed by atoms with E-state index in [1.54, 1.807) is 24.4 Å². The van der Waals surface area contributed by atoms with Gasteiger partial charge in [0.15, 0.2) is 6.61 Å². The summed E-state index contributed by atoms with van der Waals surface area (Å²) in [6.45, 7) is 1.75. The van der Waals surface area contributed by atoms with Crippen LogP contribution in [-0.4, -0.2) is 18.7 Å². The quantitative estimate of drug-likeness (QED) is 0.630. The van der Waals surface area contributed by atoms with Gasteiger partial charge in [-0.2, -0.15) is 5.10 Å². The molecule has 0 fully saturated rings. The predicted molar refractivity (Wildman–Crippen MR) is 91.6 cm³/mol. The molecule has 0 saturated heterocycles. The third kappa shape index (κ3) is 5.16. The van der Waals surface area contributed by atoms with Crippen LogP contribution < -0.4 is 10.2 Å². The van der Waals surface area contributed by atoms with Gasteiger partial charge in [-0.3, -0.25) is 4.79 Å².